The molecule has 0 unspecified atom stereocenters. The number of aryl methyl sites for hydroxylation is 1. The largest absolute Gasteiger partial charge is 0.481 e. The molecule has 0 aliphatic heterocycles. The first-order chi connectivity index (χ1) is 10.9. The first kappa shape index (κ1) is 17.1. The predicted octanol–water partition coefficient (Wildman–Crippen LogP) is 3.03. The van der Waals surface area contributed by atoms with E-state index in [2.05, 4.69) is 10.3 Å². The second-order valence-electron chi connectivity index (χ2n) is 6.06. The summed E-state index contributed by atoms with van der Waals surface area (Å²) in [4.78, 5) is 26.9. The van der Waals surface area contributed by atoms with Gasteiger partial charge < -0.3 is 15.4 Å². The Labute approximate surface area is 136 Å². The fourth-order valence-corrected chi connectivity index (χ4v) is 2.89. The average Bonchev–Trinajstić information content (AvgIpc) is 2.93. The minimum atomic E-state index is -0.882. The van der Waals surface area contributed by atoms with Gasteiger partial charge in [-0.15, -0.1) is 0 Å². The third-order valence-corrected chi connectivity index (χ3v) is 4.79. The molecular weight excluding hydrogens is 292 g/mol. The van der Waals surface area contributed by atoms with Crippen molar-refractivity contribution in [3.63, 3.8) is 0 Å². The van der Waals surface area contributed by atoms with E-state index in [9.17, 15) is 14.7 Å². The molecule has 1 amide bonds. The van der Waals surface area contributed by atoms with Crippen molar-refractivity contribution in [1.29, 1.82) is 0 Å². The van der Waals surface area contributed by atoms with Gasteiger partial charge in [0.2, 0.25) is 5.91 Å². The highest BCUT2D eigenvalue weighted by Crippen LogP contribution is 2.26. The molecule has 0 saturated carbocycles. The van der Waals surface area contributed by atoms with E-state index in [4.69, 9.17) is 0 Å². The van der Waals surface area contributed by atoms with Gasteiger partial charge in [0.05, 0.1) is 11.8 Å². The maximum atomic E-state index is 12.2. The van der Waals surface area contributed by atoms with Crippen molar-refractivity contribution in [2.75, 3.05) is 6.54 Å². The molecule has 124 valence electrons. The standard InChI is InChI=1S/C18H24N2O3/c1-4-18(5-2,17(22)23)11-20-15(21)9-13-10-19-16-12(3)7-6-8-14(13)16/h6-8,10,19H,4-5,9,11H2,1-3H3,(H,20,21)(H,22,23). The summed E-state index contributed by atoms with van der Waals surface area (Å²) >= 11 is 0. The molecule has 2 rings (SSSR count). The normalized spacial score (nSPS) is 11.6. The summed E-state index contributed by atoms with van der Waals surface area (Å²) in [7, 11) is 0. The Morgan fingerprint density at radius 1 is 1.26 bits per heavy atom. The van der Waals surface area contributed by atoms with Crippen molar-refractivity contribution in [3.05, 3.63) is 35.5 Å². The highest BCUT2D eigenvalue weighted by molar-refractivity contribution is 5.90. The summed E-state index contributed by atoms with van der Waals surface area (Å²) in [5.41, 5.74) is 2.22. The van der Waals surface area contributed by atoms with Gasteiger partial charge in [0.1, 0.15) is 0 Å². The van der Waals surface area contributed by atoms with Crippen LogP contribution in [0.4, 0.5) is 0 Å². The van der Waals surface area contributed by atoms with Crippen LogP contribution in [0.2, 0.25) is 0 Å². The molecule has 1 aromatic heterocycles. The number of carboxylic acids is 1. The van der Waals surface area contributed by atoms with Crippen molar-refractivity contribution >= 4 is 22.8 Å². The fraction of sp³-hybridized carbons (Fsp3) is 0.444. The Morgan fingerprint density at radius 2 is 1.96 bits per heavy atom. The highest BCUT2D eigenvalue weighted by Gasteiger charge is 2.35. The highest BCUT2D eigenvalue weighted by atomic mass is 16.4. The SMILES string of the molecule is CCC(CC)(CNC(=O)Cc1c[nH]c2c(C)cccc12)C(=O)O. The van der Waals surface area contributed by atoms with Crippen LogP contribution in [0.5, 0.6) is 0 Å². The number of benzene rings is 1. The lowest BCUT2D eigenvalue weighted by atomic mass is 9.82. The minimum absolute atomic E-state index is 0.153. The number of carboxylic acid groups (broad SMARTS) is 1. The summed E-state index contributed by atoms with van der Waals surface area (Å²) < 4.78 is 0. The zero-order chi connectivity index (χ0) is 17.0. The number of aliphatic carboxylic acids is 1. The van der Waals surface area contributed by atoms with E-state index < -0.39 is 11.4 Å². The number of aromatic nitrogens is 1. The molecule has 1 aromatic carbocycles. The van der Waals surface area contributed by atoms with Crippen LogP contribution in [0.1, 0.15) is 37.8 Å². The Morgan fingerprint density at radius 3 is 2.57 bits per heavy atom. The van der Waals surface area contributed by atoms with Gasteiger partial charge in [0.25, 0.3) is 0 Å². The van der Waals surface area contributed by atoms with Gasteiger partial charge >= 0.3 is 5.97 Å². The molecule has 0 spiro atoms. The zero-order valence-corrected chi connectivity index (χ0v) is 13.9. The number of amides is 1. The molecule has 0 saturated heterocycles. The number of carbonyl (C=O) groups excluding carboxylic acids is 1. The smallest absolute Gasteiger partial charge is 0.311 e. The number of hydrogen-bond acceptors (Lipinski definition) is 2. The second kappa shape index (κ2) is 6.86. The molecule has 0 aliphatic carbocycles. The molecule has 0 bridgehead atoms. The quantitative estimate of drug-likeness (QED) is 0.734. The zero-order valence-electron chi connectivity index (χ0n) is 13.9. The van der Waals surface area contributed by atoms with Crippen molar-refractivity contribution in [1.82, 2.24) is 10.3 Å². The molecule has 1 heterocycles. The number of aromatic amines is 1. The Hall–Kier alpha value is -2.30. The number of rotatable bonds is 7. The number of carbonyl (C=O) groups is 2. The van der Waals surface area contributed by atoms with Crippen LogP contribution in [0.25, 0.3) is 10.9 Å². The van der Waals surface area contributed by atoms with Gasteiger partial charge in [-0.2, -0.15) is 0 Å². The van der Waals surface area contributed by atoms with E-state index in [1.165, 1.54) is 0 Å². The molecule has 2 aromatic rings. The monoisotopic (exact) mass is 316 g/mol. The second-order valence-corrected chi connectivity index (χ2v) is 6.06. The van der Waals surface area contributed by atoms with Crippen LogP contribution in [0, 0.1) is 12.3 Å². The lowest BCUT2D eigenvalue weighted by molar-refractivity contribution is -0.149. The number of para-hydroxylation sites is 1. The van der Waals surface area contributed by atoms with E-state index in [0.717, 1.165) is 22.0 Å². The van der Waals surface area contributed by atoms with Crippen molar-refractivity contribution in [2.45, 2.75) is 40.0 Å². The molecule has 0 aliphatic rings. The van der Waals surface area contributed by atoms with E-state index in [1.54, 1.807) is 0 Å². The van der Waals surface area contributed by atoms with Gasteiger partial charge in [0.15, 0.2) is 0 Å². The van der Waals surface area contributed by atoms with E-state index in [-0.39, 0.29) is 18.9 Å². The predicted molar refractivity (Wildman–Crippen MR) is 90.4 cm³/mol. The van der Waals surface area contributed by atoms with E-state index in [1.807, 2.05) is 45.2 Å². The summed E-state index contributed by atoms with van der Waals surface area (Å²) in [5, 5.41) is 13.2. The van der Waals surface area contributed by atoms with Crippen molar-refractivity contribution in [2.24, 2.45) is 5.41 Å². The van der Waals surface area contributed by atoms with Gasteiger partial charge in [-0.05, 0) is 30.9 Å². The average molecular weight is 316 g/mol. The maximum absolute atomic E-state index is 12.2. The number of hydrogen-bond donors (Lipinski definition) is 3. The van der Waals surface area contributed by atoms with Crippen LogP contribution in [-0.4, -0.2) is 28.5 Å². The Kier molecular flexibility index (Phi) is 5.08. The maximum Gasteiger partial charge on any atom is 0.311 e. The van der Waals surface area contributed by atoms with E-state index in [0.29, 0.717) is 12.8 Å². The lowest BCUT2D eigenvalue weighted by Crippen LogP contribution is -2.42. The topological polar surface area (TPSA) is 82.2 Å². The van der Waals surface area contributed by atoms with Crippen LogP contribution in [0.15, 0.2) is 24.4 Å². The lowest BCUT2D eigenvalue weighted by Gasteiger charge is -2.26. The van der Waals surface area contributed by atoms with E-state index >= 15 is 0 Å². The molecular formula is C18H24N2O3. The van der Waals surface area contributed by atoms with Gasteiger partial charge in [-0.3, -0.25) is 9.59 Å². The van der Waals surface area contributed by atoms with Crippen LogP contribution < -0.4 is 5.32 Å². The number of nitrogens with one attached hydrogen (secondary N) is 2. The summed E-state index contributed by atoms with van der Waals surface area (Å²) in [6.07, 6.45) is 3.07. The number of H-pyrrole nitrogens is 1. The summed E-state index contributed by atoms with van der Waals surface area (Å²) in [6.45, 7) is 5.86. The molecule has 0 atom stereocenters. The summed E-state index contributed by atoms with van der Waals surface area (Å²) in [5.74, 6) is -1.01. The van der Waals surface area contributed by atoms with Gasteiger partial charge in [-0.25, -0.2) is 0 Å². The van der Waals surface area contributed by atoms with Crippen LogP contribution >= 0.6 is 0 Å². The van der Waals surface area contributed by atoms with Crippen LogP contribution in [-0.2, 0) is 16.0 Å². The summed E-state index contributed by atoms with van der Waals surface area (Å²) in [6, 6.07) is 5.98. The molecule has 23 heavy (non-hydrogen) atoms. The third kappa shape index (κ3) is 3.38. The Bertz CT molecular complexity index is 714. The number of fused-ring (bicyclic) bond motifs is 1. The minimum Gasteiger partial charge on any atom is -0.481 e. The first-order valence-corrected chi connectivity index (χ1v) is 7.99. The molecule has 3 N–H and O–H groups in total. The molecule has 5 heteroatoms. The van der Waals surface area contributed by atoms with Crippen LogP contribution in [0.3, 0.4) is 0 Å². The molecule has 5 nitrogen and oxygen atoms in total. The molecule has 0 radical (unpaired) electrons. The van der Waals surface area contributed by atoms with Crippen molar-refractivity contribution < 1.29 is 14.7 Å². The van der Waals surface area contributed by atoms with Gasteiger partial charge in [0, 0.05) is 23.6 Å². The Balaban J connectivity index is 2.07. The third-order valence-electron chi connectivity index (χ3n) is 4.79. The fourth-order valence-electron chi connectivity index (χ4n) is 2.89. The van der Waals surface area contributed by atoms with Gasteiger partial charge in [-0.1, -0.05) is 32.0 Å². The molecule has 0 fully saturated rings. The first-order valence-electron chi connectivity index (χ1n) is 7.99. The van der Waals surface area contributed by atoms with Crippen molar-refractivity contribution in [3.8, 4) is 0 Å².